The van der Waals surface area contributed by atoms with Crippen molar-refractivity contribution in [1.29, 1.82) is 5.26 Å². The van der Waals surface area contributed by atoms with Crippen molar-refractivity contribution in [2.24, 2.45) is 0 Å². The Labute approximate surface area is 115 Å². The molecule has 1 heterocycles. The third-order valence-electron chi connectivity index (χ3n) is 2.56. The summed E-state index contributed by atoms with van der Waals surface area (Å²) in [5, 5.41) is 10.6. The van der Waals surface area contributed by atoms with Crippen LogP contribution in [0.15, 0.2) is 30.3 Å². The summed E-state index contributed by atoms with van der Waals surface area (Å²) >= 11 is 7.25. The quantitative estimate of drug-likeness (QED) is 0.934. The summed E-state index contributed by atoms with van der Waals surface area (Å²) in [5.74, 6) is 0. The first-order chi connectivity index (χ1) is 8.60. The number of hydrogen-bond donors (Lipinski definition) is 1. The molecule has 92 valence electrons. The van der Waals surface area contributed by atoms with E-state index in [1.807, 2.05) is 37.4 Å². The second kappa shape index (κ2) is 5.30. The van der Waals surface area contributed by atoms with Crippen LogP contribution in [0.2, 0.25) is 5.02 Å². The number of nitrogen functional groups attached to an aromatic ring is 1. The van der Waals surface area contributed by atoms with E-state index in [4.69, 9.17) is 22.6 Å². The van der Waals surface area contributed by atoms with Crippen LogP contribution in [0, 0.1) is 11.3 Å². The molecule has 1 aromatic heterocycles. The second-order valence-corrected chi connectivity index (χ2v) is 5.43. The van der Waals surface area contributed by atoms with Gasteiger partial charge in [0.25, 0.3) is 0 Å². The minimum absolute atomic E-state index is 0.542. The molecule has 0 bridgehead atoms. The van der Waals surface area contributed by atoms with Gasteiger partial charge in [-0.25, -0.2) is 0 Å². The van der Waals surface area contributed by atoms with Crippen molar-refractivity contribution in [3.8, 4) is 6.07 Å². The van der Waals surface area contributed by atoms with Gasteiger partial charge in [-0.15, -0.1) is 11.3 Å². The Bertz CT molecular complexity index is 583. The van der Waals surface area contributed by atoms with Gasteiger partial charge in [0.05, 0.1) is 10.7 Å². The smallest absolute Gasteiger partial charge is 0.129 e. The molecule has 0 spiro atoms. The zero-order valence-electron chi connectivity index (χ0n) is 9.85. The molecule has 0 amide bonds. The minimum Gasteiger partial charge on any atom is -0.397 e. The number of rotatable bonds is 3. The highest BCUT2D eigenvalue weighted by atomic mass is 35.5. The third-order valence-corrected chi connectivity index (χ3v) is 3.98. The van der Waals surface area contributed by atoms with Gasteiger partial charge >= 0.3 is 0 Å². The van der Waals surface area contributed by atoms with Crippen LogP contribution < -0.4 is 10.6 Å². The first-order valence-corrected chi connectivity index (χ1v) is 6.54. The highest BCUT2D eigenvalue weighted by molar-refractivity contribution is 7.17. The van der Waals surface area contributed by atoms with Crippen molar-refractivity contribution in [2.75, 3.05) is 17.7 Å². The van der Waals surface area contributed by atoms with E-state index in [-0.39, 0.29) is 0 Å². The second-order valence-electron chi connectivity index (χ2n) is 3.96. The van der Waals surface area contributed by atoms with Gasteiger partial charge in [0.1, 0.15) is 10.9 Å². The maximum absolute atomic E-state index is 8.88. The summed E-state index contributed by atoms with van der Waals surface area (Å²) in [6.45, 7) is 0.752. The van der Waals surface area contributed by atoms with Gasteiger partial charge in [0.15, 0.2) is 0 Å². The summed E-state index contributed by atoms with van der Waals surface area (Å²) in [6.07, 6.45) is 0. The predicted octanol–water partition coefficient (Wildman–Crippen LogP) is 3.49. The fourth-order valence-corrected chi connectivity index (χ4v) is 2.57. The molecule has 0 atom stereocenters. The minimum atomic E-state index is 0.542. The largest absolute Gasteiger partial charge is 0.397 e. The normalized spacial score (nSPS) is 10.1. The fraction of sp³-hybridized carbons (Fsp3) is 0.154. The first kappa shape index (κ1) is 12.7. The van der Waals surface area contributed by atoms with E-state index in [1.165, 1.54) is 11.3 Å². The van der Waals surface area contributed by atoms with Crippen molar-refractivity contribution < 1.29 is 0 Å². The molecule has 2 rings (SSSR count). The Kier molecular flexibility index (Phi) is 3.75. The lowest BCUT2D eigenvalue weighted by molar-refractivity contribution is 0.935. The van der Waals surface area contributed by atoms with Crippen LogP contribution in [0.1, 0.15) is 10.4 Å². The number of anilines is 2. The summed E-state index contributed by atoms with van der Waals surface area (Å²) < 4.78 is 0. The average molecular weight is 278 g/mol. The molecule has 3 nitrogen and oxygen atoms in total. The number of benzene rings is 1. The Balaban J connectivity index is 2.14. The molecule has 0 aliphatic rings. The monoisotopic (exact) mass is 277 g/mol. The van der Waals surface area contributed by atoms with Crippen LogP contribution in [0.4, 0.5) is 10.7 Å². The van der Waals surface area contributed by atoms with Crippen LogP contribution in [0.3, 0.4) is 0 Å². The molecule has 5 heteroatoms. The Morgan fingerprint density at radius 1 is 1.39 bits per heavy atom. The Hall–Kier alpha value is -1.70. The van der Waals surface area contributed by atoms with Crippen LogP contribution in [0.5, 0.6) is 0 Å². The van der Waals surface area contributed by atoms with Gasteiger partial charge in [-0.3, -0.25) is 0 Å². The predicted molar refractivity (Wildman–Crippen MR) is 77.0 cm³/mol. The molecule has 0 saturated carbocycles. The fourth-order valence-electron chi connectivity index (χ4n) is 1.61. The molecule has 0 aliphatic carbocycles. The SMILES string of the molecule is CN(Cc1ccc(Cl)cc1)c1cc(N)c(C#N)s1. The maximum atomic E-state index is 8.88. The molecule has 2 N–H and O–H groups in total. The molecule has 0 unspecified atom stereocenters. The molecule has 2 aromatic rings. The van der Waals surface area contributed by atoms with E-state index in [0.717, 1.165) is 22.1 Å². The van der Waals surface area contributed by atoms with Crippen molar-refractivity contribution in [2.45, 2.75) is 6.54 Å². The molecule has 0 radical (unpaired) electrons. The zero-order chi connectivity index (χ0) is 13.1. The third kappa shape index (κ3) is 2.76. The lowest BCUT2D eigenvalue weighted by atomic mass is 10.2. The molecule has 0 saturated heterocycles. The van der Waals surface area contributed by atoms with Gasteiger partial charge in [0, 0.05) is 18.6 Å². The molecule has 0 aliphatic heterocycles. The van der Waals surface area contributed by atoms with Crippen molar-refractivity contribution in [1.82, 2.24) is 0 Å². The van der Waals surface area contributed by atoms with E-state index >= 15 is 0 Å². The van der Waals surface area contributed by atoms with Gasteiger partial charge in [-0.05, 0) is 23.8 Å². The number of hydrogen-bond acceptors (Lipinski definition) is 4. The molecule has 0 fully saturated rings. The summed E-state index contributed by atoms with van der Waals surface area (Å²) in [5.41, 5.74) is 7.45. The van der Waals surface area contributed by atoms with Crippen LogP contribution in [-0.4, -0.2) is 7.05 Å². The van der Waals surface area contributed by atoms with Crippen LogP contribution >= 0.6 is 22.9 Å². The van der Waals surface area contributed by atoms with E-state index in [1.54, 1.807) is 0 Å². The van der Waals surface area contributed by atoms with E-state index < -0.39 is 0 Å². The lowest BCUT2D eigenvalue weighted by Crippen LogP contribution is -2.14. The van der Waals surface area contributed by atoms with Crippen molar-refractivity contribution >= 4 is 33.6 Å². The molecular weight excluding hydrogens is 266 g/mol. The topological polar surface area (TPSA) is 53.0 Å². The number of thiophene rings is 1. The summed E-state index contributed by atoms with van der Waals surface area (Å²) in [4.78, 5) is 2.62. The van der Waals surface area contributed by atoms with Crippen molar-refractivity contribution in [3.05, 3.63) is 45.8 Å². The van der Waals surface area contributed by atoms with E-state index in [9.17, 15) is 0 Å². The average Bonchev–Trinajstić information content (AvgIpc) is 2.73. The van der Waals surface area contributed by atoms with Gasteiger partial charge in [0.2, 0.25) is 0 Å². The van der Waals surface area contributed by atoms with Gasteiger partial charge in [-0.2, -0.15) is 5.26 Å². The van der Waals surface area contributed by atoms with Crippen LogP contribution in [-0.2, 0) is 6.54 Å². The molecule has 18 heavy (non-hydrogen) atoms. The Morgan fingerprint density at radius 2 is 2.06 bits per heavy atom. The molecular formula is C13H12ClN3S. The number of nitrogens with two attached hydrogens (primary N) is 1. The standard InChI is InChI=1S/C13H12ClN3S/c1-17(8-9-2-4-10(14)5-3-9)13-6-11(16)12(7-15)18-13/h2-6H,8,16H2,1H3. The first-order valence-electron chi connectivity index (χ1n) is 5.35. The Morgan fingerprint density at radius 3 is 2.61 bits per heavy atom. The highest BCUT2D eigenvalue weighted by Gasteiger charge is 2.09. The van der Waals surface area contributed by atoms with Gasteiger partial charge < -0.3 is 10.6 Å². The highest BCUT2D eigenvalue weighted by Crippen LogP contribution is 2.31. The number of halogens is 1. The maximum Gasteiger partial charge on any atom is 0.129 e. The van der Waals surface area contributed by atoms with E-state index in [2.05, 4.69) is 11.0 Å². The van der Waals surface area contributed by atoms with E-state index in [0.29, 0.717) is 10.6 Å². The summed E-state index contributed by atoms with van der Waals surface area (Å²) in [7, 11) is 1.97. The number of nitriles is 1. The summed E-state index contributed by atoms with van der Waals surface area (Å²) in [6, 6.07) is 11.6. The number of nitrogens with zero attached hydrogens (tertiary/aromatic N) is 2. The lowest BCUT2D eigenvalue weighted by Gasteiger charge is -2.16. The molecule has 1 aromatic carbocycles. The zero-order valence-corrected chi connectivity index (χ0v) is 11.4. The van der Waals surface area contributed by atoms with Crippen LogP contribution in [0.25, 0.3) is 0 Å². The van der Waals surface area contributed by atoms with Gasteiger partial charge in [-0.1, -0.05) is 23.7 Å². The van der Waals surface area contributed by atoms with Crippen molar-refractivity contribution in [3.63, 3.8) is 0 Å².